The summed E-state index contributed by atoms with van der Waals surface area (Å²) in [5.74, 6) is -1.95. The molecule has 0 aliphatic carbocycles. The molecule has 2 aromatic carbocycles. The van der Waals surface area contributed by atoms with Crippen molar-refractivity contribution in [2.75, 3.05) is 0 Å². The van der Waals surface area contributed by atoms with Crippen molar-refractivity contribution < 1.29 is 23.0 Å². The van der Waals surface area contributed by atoms with Gasteiger partial charge in [-0.25, -0.2) is 23.1 Å². The van der Waals surface area contributed by atoms with Gasteiger partial charge < -0.3 is 9.84 Å². The molecule has 11 heteroatoms. The Morgan fingerprint density at radius 2 is 1.78 bits per heavy atom. The van der Waals surface area contributed by atoms with Crippen molar-refractivity contribution in [3.05, 3.63) is 97.6 Å². The fourth-order valence-corrected chi connectivity index (χ4v) is 3.99. The first-order valence-electron chi connectivity index (χ1n) is 11.1. The number of hydrogen-bond donors (Lipinski definition) is 1. The SMILES string of the molecule is Cc1ccc(-c2nc(C(C)(C)O)ncc2F)cc1-n1c(C)nc(OCc2ccc(F)cc2F)c(Br)c1=O. The molecular formula is C26H22BrF3N4O3. The molecule has 2 aromatic heterocycles. The second-order valence-corrected chi connectivity index (χ2v) is 9.69. The first kappa shape index (κ1) is 26.5. The highest BCUT2D eigenvalue weighted by Gasteiger charge is 2.23. The van der Waals surface area contributed by atoms with Gasteiger partial charge in [-0.1, -0.05) is 12.1 Å². The summed E-state index contributed by atoms with van der Waals surface area (Å²) in [4.78, 5) is 25.7. The third-order valence-electron chi connectivity index (χ3n) is 5.56. The minimum Gasteiger partial charge on any atom is -0.472 e. The van der Waals surface area contributed by atoms with Gasteiger partial charge in [0.25, 0.3) is 5.56 Å². The van der Waals surface area contributed by atoms with Crippen molar-refractivity contribution in [3.8, 4) is 22.8 Å². The molecule has 7 nitrogen and oxygen atoms in total. The Morgan fingerprint density at radius 3 is 2.46 bits per heavy atom. The number of aromatic nitrogens is 4. The maximum Gasteiger partial charge on any atom is 0.276 e. The molecule has 0 bridgehead atoms. The average molecular weight is 575 g/mol. The van der Waals surface area contributed by atoms with Crippen molar-refractivity contribution in [2.24, 2.45) is 0 Å². The first-order valence-corrected chi connectivity index (χ1v) is 11.9. The van der Waals surface area contributed by atoms with Crippen LogP contribution < -0.4 is 10.3 Å². The minimum absolute atomic E-state index is 0.0112. The van der Waals surface area contributed by atoms with Crippen molar-refractivity contribution in [1.82, 2.24) is 19.5 Å². The molecule has 0 atom stereocenters. The number of rotatable bonds is 6. The fourth-order valence-electron chi connectivity index (χ4n) is 3.61. The van der Waals surface area contributed by atoms with Gasteiger partial charge in [0.2, 0.25) is 5.88 Å². The van der Waals surface area contributed by atoms with Crippen LogP contribution in [0.5, 0.6) is 5.88 Å². The molecular weight excluding hydrogens is 553 g/mol. The van der Waals surface area contributed by atoms with Gasteiger partial charge in [0.1, 0.15) is 39.8 Å². The Kier molecular flexibility index (Phi) is 7.20. The molecule has 0 fully saturated rings. The Balaban J connectivity index is 1.75. The van der Waals surface area contributed by atoms with Crippen molar-refractivity contribution in [1.29, 1.82) is 0 Å². The van der Waals surface area contributed by atoms with Gasteiger partial charge in [-0.05, 0) is 67.4 Å². The van der Waals surface area contributed by atoms with E-state index in [4.69, 9.17) is 4.74 Å². The highest BCUT2D eigenvalue weighted by molar-refractivity contribution is 9.10. The van der Waals surface area contributed by atoms with Crippen molar-refractivity contribution >= 4 is 15.9 Å². The van der Waals surface area contributed by atoms with E-state index in [2.05, 4.69) is 30.9 Å². The zero-order valence-electron chi connectivity index (χ0n) is 20.3. The number of benzene rings is 2. The van der Waals surface area contributed by atoms with Crippen molar-refractivity contribution in [3.63, 3.8) is 0 Å². The van der Waals surface area contributed by atoms with E-state index >= 15 is 0 Å². The first-order chi connectivity index (χ1) is 17.4. The number of halogens is 4. The number of aryl methyl sites for hydroxylation is 2. The van der Waals surface area contributed by atoms with Gasteiger partial charge in [-0.15, -0.1) is 0 Å². The monoisotopic (exact) mass is 574 g/mol. The largest absolute Gasteiger partial charge is 0.472 e. The van der Waals surface area contributed by atoms with E-state index in [-0.39, 0.29) is 39.9 Å². The molecule has 0 aliphatic rings. The van der Waals surface area contributed by atoms with Gasteiger partial charge in [-0.2, -0.15) is 4.98 Å². The lowest BCUT2D eigenvalue weighted by Gasteiger charge is -2.18. The average Bonchev–Trinajstić information content (AvgIpc) is 2.82. The Hall–Kier alpha value is -3.57. The Morgan fingerprint density at radius 1 is 1.05 bits per heavy atom. The summed E-state index contributed by atoms with van der Waals surface area (Å²) in [6, 6.07) is 8.04. The second kappa shape index (κ2) is 10.1. The maximum absolute atomic E-state index is 14.7. The van der Waals surface area contributed by atoms with Crippen LogP contribution in [0, 0.1) is 31.3 Å². The lowest BCUT2D eigenvalue weighted by molar-refractivity contribution is 0.0686. The van der Waals surface area contributed by atoms with Crippen LogP contribution in [0.25, 0.3) is 16.9 Å². The van der Waals surface area contributed by atoms with Crippen LogP contribution in [0.4, 0.5) is 13.2 Å². The van der Waals surface area contributed by atoms with E-state index < -0.39 is 28.6 Å². The Labute approximate surface area is 218 Å². The van der Waals surface area contributed by atoms with Gasteiger partial charge in [-0.3, -0.25) is 9.36 Å². The quantitative estimate of drug-likeness (QED) is 0.336. The highest BCUT2D eigenvalue weighted by Crippen LogP contribution is 2.28. The zero-order valence-corrected chi connectivity index (χ0v) is 21.9. The molecule has 37 heavy (non-hydrogen) atoms. The summed E-state index contributed by atoms with van der Waals surface area (Å²) in [5.41, 5.74) is -0.354. The third kappa shape index (κ3) is 5.42. The summed E-state index contributed by atoms with van der Waals surface area (Å²) < 4.78 is 48.7. The molecule has 2 heterocycles. The molecule has 1 N–H and O–H groups in total. The summed E-state index contributed by atoms with van der Waals surface area (Å²) in [6.07, 6.45) is 0.987. The van der Waals surface area contributed by atoms with Gasteiger partial charge in [0.05, 0.1) is 11.9 Å². The Bertz CT molecular complexity index is 1570. The number of ether oxygens (including phenoxy) is 1. The minimum atomic E-state index is -1.38. The summed E-state index contributed by atoms with van der Waals surface area (Å²) >= 11 is 3.21. The lowest BCUT2D eigenvalue weighted by atomic mass is 10.1. The van der Waals surface area contributed by atoms with Crippen LogP contribution in [0.2, 0.25) is 0 Å². The third-order valence-corrected chi connectivity index (χ3v) is 6.24. The molecule has 0 saturated heterocycles. The van der Waals surface area contributed by atoms with Crippen LogP contribution in [0.15, 0.2) is 51.9 Å². The van der Waals surface area contributed by atoms with Gasteiger partial charge in [0, 0.05) is 17.2 Å². The molecule has 192 valence electrons. The standard InChI is InChI=1S/C26H22BrF3N4O3/c1-13-5-6-15(22-19(30)11-31-25(33-22)26(3,4)36)9-20(13)34-14(2)32-23(21(27)24(34)35)37-12-16-7-8-17(28)10-18(16)29/h5-11,36H,12H2,1-4H3. The topological polar surface area (TPSA) is 90.1 Å². The molecule has 4 aromatic rings. The lowest BCUT2D eigenvalue weighted by Crippen LogP contribution is -2.24. The number of hydrogen-bond acceptors (Lipinski definition) is 6. The maximum atomic E-state index is 14.7. The van der Waals surface area contributed by atoms with Crippen LogP contribution in [0.3, 0.4) is 0 Å². The van der Waals surface area contributed by atoms with Crippen LogP contribution in [0.1, 0.15) is 36.6 Å². The summed E-state index contributed by atoms with van der Waals surface area (Å²) in [6.45, 7) is 6.07. The molecule has 0 unspecified atom stereocenters. The zero-order chi connectivity index (χ0) is 27.1. The van der Waals surface area contributed by atoms with Crippen LogP contribution >= 0.6 is 15.9 Å². The molecule has 4 rings (SSSR count). The molecule has 0 aliphatic heterocycles. The smallest absolute Gasteiger partial charge is 0.276 e. The van der Waals surface area contributed by atoms with E-state index in [1.807, 2.05) is 0 Å². The summed E-state index contributed by atoms with van der Waals surface area (Å²) in [7, 11) is 0. The van der Waals surface area contributed by atoms with E-state index in [0.717, 1.165) is 18.3 Å². The normalized spacial score (nSPS) is 11.6. The predicted octanol–water partition coefficient (Wildman–Crippen LogP) is 5.29. The van der Waals surface area contributed by atoms with E-state index in [0.29, 0.717) is 16.8 Å². The number of nitrogens with zero attached hydrogens (tertiary/aromatic N) is 4. The molecule has 0 amide bonds. The van der Waals surface area contributed by atoms with Crippen molar-refractivity contribution in [2.45, 2.75) is 39.9 Å². The van der Waals surface area contributed by atoms with E-state index in [1.54, 1.807) is 32.0 Å². The predicted molar refractivity (Wildman–Crippen MR) is 134 cm³/mol. The highest BCUT2D eigenvalue weighted by atomic mass is 79.9. The van der Waals surface area contributed by atoms with Crippen LogP contribution in [-0.4, -0.2) is 24.6 Å². The molecule has 0 radical (unpaired) electrons. The number of aliphatic hydroxyl groups is 1. The fraction of sp³-hybridized carbons (Fsp3) is 0.231. The van der Waals surface area contributed by atoms with E-state index in [9.17, 15) is 23.1 Å². The van der Waals surface area contributed by atoms with Crippen LogP contribution in [-0.2, 0) is 12.2 Å². The van der Waals surface area contributed by atoms with Gasteiger partial charge in [0.15, 0.2) is 11.6 Å². The summed E-state index contributed by atoms with van der Waals surface area (Å²) in [5, 5.41) is 10.2. The van der Waals surface area contributed by atoms with E-state index in [1.165, 1.54) is 24.5 Å². The second-order valence-electron chi connectivity index (χ2n) is 8.89. The van der Waals surface area contributed by atoms with Gasteiger partial charge >= 0.3 is 0 Å². The molecule has 0 spiro atoms. The molecule has 0 saturated carbocycles.